The van der Waals surface area contributed by atoms with Gasteiger partial charge in [-0.15, -0.1) is 0 Å². The lowest BCUT2D eigenvalue weighted by atomic mass is 10.1. The molecule has 0 N–H and O–H groups in total. The van der Waals surface area contributed by atoms with Crippen LogP contribution in [0.5, 0.6) is 5.75 Å². The number of aryl methyl sites for hydroxylation is 1. The number of hydrogen-bond donors (Lipinski definition) is 0. The first kappa shape index (κ1) is 17.1. The van der Waals surface area contributed by atoms with Crippen LogP contribution in [-0.4, -0.2) is 29.5 Å². The van der Waals surface area contributed by atoms with Crippen molar-refractivity contribution in [1.82, 2.24) is 9.47 Å². The van der Waals surface area contributed by atoms with E-state index >= 15 is 0 Å². The van der Waals surface area contributed by atoms with E-state index in [-0.39, 0.29) is 11.9 Å². The van der Waals surface area contributed by atoms with Crippen LogP contribution in [0.25, 0.3) is 10.9 Å². The summed E-state index contributed by atoms with van der Waals surface area (Å²) in [5.41, 5.74) is 2.18. The third-order valence-corrected chi connectivity index (χ3v) is 4.81. The molecule has 3 aromatic rings. The topological polar surface area (TPSA) is 34.5 Å². The van der Waals surface area contributed by atoms with Gasteiger partial charge in [0, 0.05) is 37.3 Å². The predicted octanol–water partition coefficient (Wildman–Crippen LogP) is 4.26. The Bertz CT molecular complexity index is 869. The second-order valence-corrected chi connectivity index (χ2v) is 6.24. The Morgan fingerprint density at radius 3 is 2.64 bits per heavy atom. The normalized spacial score (nSPS) is 12.1. The van der Waals surface area contributed by atoms with Crippen LogP contribution in [-0.2, 0) is 11.3 Å². The number of para-hydroxylation sites is 2. The van der Waals surface area contributed by atoms with Crippen LogP contribution in [0.2, 0.25) is 0 Å². The molecule has 0 radical (unpaired) electrons. The maximum absolute atomic E-state index is 12.7. The zero-order chi connectivity index (χ0) is 17.8. The first-order valence-corrected chi connectivity index (χ1v) is 8.54. The first-order valence-electron chi connectivity index (χ1n) is 8.54. The Morgan fingerprint density at radius 1 is 1.12 bits per heavy atom. The highest BCUT2D eigenvalue weighted by atomic mass is 16.5. The van der Waals surface area contributed by atoms with Crippen molar-refractivity contribution in [2.75, 3.05) is 14.2 Å². The number of rotatable bonds is 6. The van der Waals surface area contributed by atoms with Gasteiger partial charge >= 0.3 is 0 Å². The van der Waals surface area contributed by atoms with Gasteiger partial charge in [0.1, 0.15) is 5.75 Å². The van der Waals surface area contributed by atoms with Gasteiger partial charge in [-0.1, -0.05) is 36.4 Å². The van der Waals surface area contributed by atoms with Crippen LogP contribution >= 0.6 is 0 Å². The Kier molecular flexibility index (Phi) is 5.08. The lowest BCUT2D eigenvalue weighted by molar-refractivity contribution is -0.132. The second-order valence-electron chi connectivity index (χ2n) is 6.24. The molecule has 1 amide bonds. The number of hydrogen-bond acceptors (Lipinski definition) is 2. The summed E-state index contributed by atoms with van der Waals surface area (Å²) in [6.07, 6.45) is 2.51. The molecule has 0 fully saturated rings. The third kappa shape index (κ3) is 3.53. The lowest BCUT2D eigenvalue weighted by Gasteiger charge is -2.26. The molecule has 3 rings (SSSR count). The van der Waals surface area contributed by atoms with E-state index in [2.05, 4.69) is 22.8 Å². The molecular formula is C21H24N2O2. The molecule has 2 aromatic carbocycles. The summed E-state index contributed by atoms with van der Waals surface area (Å²) in [5.74, 6) is 0.933. The van der Waals surface area contributed by atoms with Gasteiger partial charge in [0.2, 0.25) is 5.91 Å². The largest absolute Gasteiger partial charge is 0.496 e. The fourth-order valence-corrected chi connectivity index (χ4v) is 3.16. The van der Waals surface area contributed by atoms with E-state index in [4.69, 9.17) is 4.74 Å². The molecule has 25 heavy (non-hydrogen) atoms. The second kappa shape index (κ2) is 7.43. The van der Waals surface area contributed by atoms with Crippen LogP contribution in [0.4, 0.5) is 0 Å². The van der Waals surface area contributed by atoms with E-state index in [0.717, 1.165) is 16.8 Å². The van der Waals surface area contributed by atoms with Crippen LogP contribution in [0.3, 0.4) is 0 Å². The van der Waals surface area contributed by atoms with Gasteiger partial charge in [0.25, 0.3) is 0 Å². The monoisotopic (exact) mass is 336 g/mol. The summed E-state index contributed by atoms with van der Waals surface area (Å²) in [4.78, 5) is 14.5. The standard InChI is InChI=1S/C21H24N2O2/c1-16(18-9-5-7-11-20(18)25-3)22(2)21(24)13-15-23-14-12-17-8-4-6-10-19(17)23/h4-12,14,16H,13,15H2,1-3H3/t16-/m1/s1. The van der Waals surface area contributed by atoms with Gasteiger partial charge in [-0.2, -0.15) is 0 Å². The number of amides is 1. The molecule has 4 nitrogen and oxygen atoms in total. The minimum absolute atomic E-state index is 0.0370. The lowest BCUT2D eigenvalue weighted by Crippen LogP contribution is -2.30. The SMILES string of the molecule is COc1ccccc1[C@@H](C)N(C)C(=O)CCn1ccc2ccccc21. The quantitative estimate of drug-likeness (QED) is 0.674. The van der Waals surface area contributed by atoms with Gasteiger partial charge in [0.15, 0.2) is 0 Å². The number of carbonyl (C=O) groups excluding carboxylic acids is 1. The molecule has 0 spiro atoms. The number of fused-ring (bicyclic) bond motifs is 1. The predicted molar refractivity (Wildman–Crippen MR) is 101 cm³/mol. The molecule has 0 aliphatic carbocycles. The number of benzene rings is 2. The third-order valence-electron chi connectivity index (χ3n) is 4.81. The zero-order valence-electron chi connectivity index (χ0n) is 15.0. The van der Waals surface area contributed by atoms with Crippen LogP contribution in [0.1, 0.15) is 24.9 Å². The molecule has 1 atom stereocenters. The van der Waals surface area contributed by atoms with E-state index in [0.29, 0.717) is 13.0 Å². The highest BCUT2D eigenvalue weighted by Gasteiger charge is 2.20. The number of carbonyl (C=O) groups is 1. The maximum Gasteiger partial charge on any atom is 0.224 e. The minimum atomic E-state index is -0.0370. The summed E-state index contributed by atoms with van der Waals surface area (Å²) in [7, 11) is 3.51. The number of ether oxygens (including phenoxy) is 1. The van der Waals surface area contributed by atoms with Gasteiger partial charge < -0.3 is 14.2 Å². The maximum atomic E-state index is 12.7. The van der Waals surface area contributed by atoms with E-state index in [1.807, 2.05) is 56.6 Å². The molecule has 0 saturated carbocycles. The van der Waals surface area contributed by atoms with Crippen LogP contribution in [0.15, 0.2) is 60.8 Å². The van der Waals surface area contributed by atoms with E-state index in [1.165, 1.54) is 5.39 Å². The number of nitrogens with zero attached hydrogens (tertiary/aromatic N) is 2. The summed E-state index contributed by atoms with van der Waals surface area (Å²) in [6, 6.07) is 18.1. The van der Waals surface area contributed by atoms with Crippen molar-refractivity contribution in [1.29, 1.82) is 0 Å². The van der Waals surface area contributed by atoms with E-state index < -0.39 is 0 Å². The fraction of sp³-hybridized carbons (Fsp3) is 0.286. The summed E-state index contributed by atoms with van der Waals surface area (Å²) >= 11 is 0. The van der Waals surface area contributed by atoms with Crippen molar-refractivity contribution in [2.45, 2.75) is 25.9 Å². The first-order chi connectivity index (χ1) is 12.1. The molecule has 0 saturated heterocycles. The average Bonchev–Trinajstić information content (AvgIpc) is 3.08. The minimum Gasteiger partial charge on any atom is -0.496 e. The molecular weight excluding hydrogens is 312 g/mol. The molecule has 1 aromatic heterocycles. The molecule has 130 valence electrons. The fourth-order valence-electron chi connectivity index (χ4n) is 3.16. The van der Waals surface area contributed by atoms with Crippen molar-refractivity contribution in [3.8, 4) is 5.75 Å². The van der Waals surface area contributed by atoms with Crippen LogP contribution in [0, 0.1) is 0 Å². The van der Waals surface area contributed by atoms with E-state index in [1.54, 1.807) is 12.0 Å². The van der Waals surface area contributed by atoms with Crippen molar-refractivity contribution in [2.24, 2.45) is 0 Å². The molecule has 0 unspecified atom stereocenters. The summed E-state index contributed by atoms with van der Waals surface area (Å²) in [5, 5.41) is 1.20. The molecule has 0 aliphatic rings. The van der Waals surface area contributed by atoms with Gasteiger partial charge in [-0.3, -0.25) is 4.79 Å². The molecule has 1 heterocycles. The van der Waals surface area contributed by atoms with Crippen LogP contribution < -0.4 is 4.74 Å². The Hall–Kier alpha value is -2.75. The van der Waals surface area contributed by atoms with E-state index in [9.17, 15) is 4.79 Å². The van der Waals surface area contributed by atoms with Crippen molar-refractivity contribution >= 4 is 16.8 Å². The highest BCUT2D eigenvalue weighted by Crippen LogP contribution is 2.28. The van der Waals surface area contributed by atoms with Gasteiger partial charge in [-0.25, -0.2) is 0 Å². The Balaban J connectivity index is 1.68. The molecule has 0 aliphatic heterocycles. The average molecular weight is 336 g/mol. The van der Waals surface area contributed by atoms with Gasteiger partial charge in [-0.05, 0) is 30.5 Å². The Morgan fingerprint density at radius 2 is 1.84 bits per heavy atom. The smallest absolute Gasteiger partial charge is 0.224 e. The van der Waals surface area contributed by atoms with Crippen molar-refractivity contribution in [3.05, 3.63) is 66.4 Å². The summed E-state index contributed by atoms with van der Waals surface area (Å²) in [6.45, 7) is 2.70. The molecule has 0 bridgehead atoms. The highest BCUT2D eigenvalue weighted by molar-refractivity contribution is 5.80. The van der Waals surface area contributed by atoms with Crippen molar-refractivity contribution < 1.29 is 9.53 Å². The number of methoxy groups -OCH3 is 1. The Labute approximate surface area is 148 Å². The molecule has 4 heteroatoms. The van der Waals surface area contributed by atoms with Crippen molar-refractivity contribution in [3.63, 3.8) is 0 Å². The summed E-state index contributed by atoms with van der Waals surface area (Å²) < 4.78 is 7.56. The number of aromatic nitrogens is 1. The zero-order valence-corrected chi connectivity index (χ0v) is 15.0. The van der Waals surface area contributed by atoms with Gasteiger partial charge in [0.05, 0.1) is 13.2 Å².